The molecule has 0 saturated heterocycles. The normalized spacial score (nSPS) is 13.9. The number of thioether (sulfide) groups is 1. The SMILES string of the molecule is CCC(CC)N(CCO)c1nc(Cl)nc2c1SCC2. The Labute approximate surface area is 123 Å². The number of aromatic nitrogens is 2. The number of aliphatic hydroxyl groups is 1. The first-order valence-electron chi connectivity index (χ1n) is 6.77. The van der Waals surface area contributed by atoms with Crippen molar-refractivity contribution in [3.63, 3.8) is 0 Å². The number of nitrogens with zero attached hydrogens (tertiary/aromatic N) is 3. The summed E-state index contributed by atoms with van der Waals surface area (Å²) in [5, 5.41) is 9.64. The average Bonchev–Trinajstić information content (AvgIpc) is 2.86. The summed E-state index contributed by atoms with van der Waals surface area (Å²) in [5.74, 6) is 1.94. The molecular formula is C13H20ClN3OS. The van der Waals surface area contributed by atoms with Gasteiger partial charge < -0.3 is 10.0 Å². The molecule has 1 N–H and O–H groups in total. The van der Waals surface area contributed by atoms with E-state index in [1.807, 2.05) is 0 Å². The van der Waals surface area contributed by atoms with Crippen LogP contribution in [0.25, 0.3) is 0 Å². The molecule has 0 aliphatic carbocycles. The molecule has 4 nitrogen and oxygen atoms in total. The first-order valence-corrected chi connectivity index (χ1v) is 8.14. The van der Waals surface area contributed by atoms with Gasteiger partial charge in [0.05, 0.1) is 17.2 Å². The quantitative estimate of drug-likeness (QED) is 0.819. The summed E-state index contributed by atoms with van der Waals surface area (Å²) in [5.41, 5.74) is 1.05. The van der Waals surface area contributed by atoms with Gasteiger partial charge in [0.2, 0.25) is 5.28 Å². The van der Waals surface area contributed by atoms with Crippen molar-refractivity contribution in [1.82, 2.24) is 9.97 Å². The van der Waals surface area contributed by atoms with E-state index in [0.717, 1.165) is 41.4 Å². The predicted octanol–water partition coefficient (Wildman–Crippen LogP) is 2.77. The van der Waals surface area contributed by atoms with Crippen molar-refractivity contribution < 1.29 is 5.11 Å². The van der Waals surface area contributed by atoms with Gasteiger partial charge in [-0.05, 0) is 24.4 Å². The summed E-state index contributed by atoms with van der Waals surface area (Å²) in [6.07, 6.45) is 3.00. The van der Waals surface area contributed by atoms with Gasteiger partial charge in [0.1, 0.15) is 5.82 Å². The zero-order chi connectivity index (χ0) is 13.8. The van der Waals surface area contributed by atoms with Crippen molar-refractivity contribution in [2.24, 2.45) is 0 Å². The van der Waals surface area contributed by atoms with E-state index in [4.69, 9.17) is 11.6 Å². The molecule has 1 aliphatic rings. The highest BCUT2D eigenvalue weighted by Crippen LogP contribution is 2.38. The van der Waals surface area contributed by atoms with Crippen molar-refractivity contribution in [2.75, 3.05) is 23.8 Å². The third-order valence-electron chi connectivity index (χ3n) is 3.47. The maximum absolute atomic E-state index is 9.33. The number of fused-ring (bicyclic) bond motifs is 1. The predicted molar refractivity (Wildman–Crippen MR) is 80.3 cm³/mol. The Hall–Kier alpha value is -0.520. The molecule has 0 saturated carbocycles. The van der Waals surface area contributed by atoms with Gasteiger partial charge in [0.25, 0.3) is 0 Å². The molecule has 0 unspecified atom stereocenters. The van der Waals surface area contributed by atoms with Crippen molar-refractivity contribution in [3.05, 3.63) is 11.0 Å². The van der Waals surface area contributed by atoms with Crippen LogP contribution in [0.1, 0.15) is 32.4 Å². The minimum absolute atomic E-state index is 0.123. The van der Waals surface area contributed by atoms with Gasteiger partial charge in [-0.1, -0.05) is 13.8 Å². The molecule has 0 atom stereocenters. The van der Waals surface area contributed by atoms with E-state index >= 15 is 0 Å². The Morgan fingerprint density at radius 2 is 2.11 bits per heavy atom. The zero-order valence-corrected chi connectivity index (χ0v) is 13.0. The maximum Gasteiger partial charge on any atom is 0.224 e. The van der Waals surface area contributed by atoms with Gasteiger partial charge in [-0.25, -0.2) is 4.98 Å². The molecule has 0 bridgehead atoms. The molecule has 0 amide bonds. The Bertz CT molecular complexity index is 440. The fourth-order valence-corrected chi connectivity index (χ4v) is 3.80. The van der Waals surface area contributed by atoms with Crippen LogP contribution in [0.15, 0.2) is 4.90 Å². The highest BCUT2D eigenvalue weighted by Gasteiger charge is 2.26. The number of hydrogen-bond acceptors (Lipinski definition) is 5. The van der Waals surface area contributed by atoms with Crippen LogP contribution in [0.4, 0.5) is 5.82 Å². The zero-order valence-electron chi connectivity index (χ0n) is 11.4. The minimum Gasteiger partial charge on any atom is -0.395 e. The Morgan fingerprint density at radius 3 is 2.74 bits per heavy atom. The summed E-state index contributed by atoms with van der Waals surface area (Å²) in [6.45, 7) is 5.04. The summed E-state index contributed by atoms with van der Waals surface area (Å²) >= 11 is 7.83. The number of rotatable bonds is 6. The fourth-order valence-electron chi connectivity index (χ4n) is 2.51. The largest absolute Gasteiger partial charge is 0.395 e. The maximum atomic E-state index is 9.33. The van der Waals surface area contributed by atoms with E-state index in [1.54, 1.807) is 11.8 Å². The Kier molecular flexibility index (Phi) is 5.30. The molecule has 6 heteroatoms. The van der Waals surface area contributed by atoms with Crippen molar-refractivity contribution in [2.45, 2.75) is 44.0 Å². The van der Waals surface area contributed by atoms with Crippen LogP contribution in [-0.4, -0.2) is 40.0 Å². The van der Waals surface area contributed by atoms with Crippen LogP contribution < -0.4 is 4.90 Å². The highest BCUT2D eigenvalue weighted by molar-refractivity contribution is 7.99. The first-order chi connectivity index (χ1) is 9.21. The van der Waals surface area contributed by atoms with E-state index in [9.17, 15) is 5.11 Å². The third-order valence-corrected chi connectivity index (χ3v) is 4.76. The molecule has 2 heterocycles. The number of aliphatic hydroxyl groups excluding tert-OH is 1. The van der Waals surface area contributed by atoms with Gasteiger partial charge in [0, 0.05) is 24.8 Å². The van der Waals surface area contributed by atoms with Crippen LogP contribution in [0.2, 0.25) is 5.28 Å². The summed E-state index contributed by atoms with van der Waals surface area (Å²) in [6, 6.07) is 0.378. The van der Waals surface area contributed by atoms with E-state index in [2.05, 4.69) is 28.7 Å². The van der Waals surface area contributed by atoms with E-state index in [0.29, 0.717) is 17.9 Å². The molecule has 0 spiro atoms. The number of hydrogen-bond donors (Lipinski definition) is 1. The van der Waals surface area contributed by atoms with Gasteiger partial charge in [-0.15, -0.1) is 11.8 Å². The molecule has 1 aromatic rings. The molecular weight excluding hydrogens is 282 g/mol. The first kappa shape index (κ1) is 14.9. The Balaban J connectivity index is 2.41. The van der Waals surface area contributed by atoms with Crippen LogP contribution in [-0.2, 0) is 6.42 Å². The molecule has 0 aromatic carbocycles. The second-order valence-corrected chi connectivity index (χ2v) is 6.02. The second kappa shape index (κ2) is 6.77. The number of aryl methyl sites for hydroxylation is 1. The Morgan fingerprint density at radius 1 is 1.37 bits per heavy atom. The lowest BCUT2D eigenvalue weighted by Crippen LogP contribution is -2.38. The minimum atomic E-state index is 0.123. The van der Waals surface area contributed by atoms with Crippen molar-refractivity contribution in [3.8, 4) is 0 Å². The lowest BCUT2D eigenvalue weighted by Gasteiger charge is -2.32. The molecule has 1 aromatic heterocycles. The smallest absolute Gasteiger partial charge is 0.224 e. The fraction of sp³-hybridized carbons (Fsp3) is 0.692. The highest BCUT2D eigenvalue weighted by atomic mass is 35.5. The van der Waals surface area contributed by atoms with Crippen LogP contribution in [0.5, 0.6) is 0 Å². The summed E-state index contributed by atoms with van der Waals surface area (Å²) in [4.78, 5) is 12.1. The average molecular weight is 302 g/mol. The van der Waals surface area contributed by atoms with Gasteiger partial charge >= 0.3 is 0 Å². The van der Waals surface area contributed by atoms with E-state index < -0.39 is 0 Å². The lowest BCUT2D eigenvalue weighted by molar-refractivity contribution is 0.295. The number of anilines is 1. The molecule has 2 rings (SSSR count). The summed E-state index contributed by atoms with van der Waals surface area (Å²) in [7, 11) is 0. The van der Waals surface area contributed by atoms with Crippen LogP contribution in [0.3, 0.4) is 0 Å². The number of halogens is 1. The molecule has 106 valence electrons. The van der Waals surface area contributed by atoms with Crippen molar-refractivity contribution in [1.29, 1.82) is 0 Å². The standard InChI is InChI=1S/C13H20ClN3OS/c1-3-9(4-2)17(6-7-18)12-11-10(5-8-19-11)15-13(14)16-12/h9,18H,3-8H2,1-2H3. The second-order valence-electron chi connectivity index (χ2n) is 4.58. The lowest BCUT2D eigenvalue weighted by atomic mass is 10.1. The topological polar surface area (TPSA) is 49.2 Å². The monoisotopic (exact) mass is 301 g/mol. The molecule has 19 heavy (non-hydrogen) atoms. The van der Waals surface area contributed by atoms with Crippen LogP contribution >= 0.6 is 23.4 Å². The van der Waals surface area contributed by atoms with E-state index in [1.165, 1.54) is 0 Å². The summed E-state index contributed by atoms with van der Waals surface area (Å²) < 4.78 is 0. The van der Waals surface area contributed by atoms with Crippen molar-refractivity contribution >= 4 is 29.2 Å². The van der Waals surface area contributed by atoms with E-state index in [-0.39, 0.29) is 6.61 Å². The molecule has 0 fully saturated rings. The van der Waals surface area contributed by atoms with Gasteiger partial charge in [-0.2, -0.15) is 4.98 Å². The third kappa shape index (κ3) is 3.15. The molecule has 1 aliphatic heterocycles. The van der Waals surface area contributed by atoms with Gasteiger partial charge in [-0.3, -0.25) is 0 Å². The molecule has 0 radical (unpaired) electrons. The van der Waals surface area contributed by atoms with Gasteiger partial charge in [0.15, 0.2) is 0 Å². The van der Waals surface area contributed by atoms with Crippen LogP contribution in [0, 0.1) is 0 Å².